The molecule has 0 spiro atoms. The summed E-state index contributed by atoms with van der Waals surface area (Å²) in [6.45, 7) is 3.82. The lowest BCUT2D eigenvalue weighted by atomic mass is 10.2. The third-order valence-corrected chi connectivity index (χ3v) is 3.53. The van der Waals surface area contributed by atoms with Crippen LogP contribution < -0.4 is 15.4 Å². The molecule has 0 saturated heterocycles. The van der Waals surface area contributed by atoms with Gasteiger partial charge in [0, 0.05) is 25.2 Å². The van der Waals surface area contributed by atoms with Gasteiger partial charge in [-0.15, -0.1) is 24.0 Å². The topological polar surface area (TPSA) is 88.8 Å². The Labute approximate surface area is 170 Å². The molecule has 0 unspecified atom stereocenters. The van der Waals surface area contributed by atoms with Gasteiger partial charge in [0.05, 0.1) is 18.6 Å². The molecule has 2 aromatic rings. The van der Waals surface area contributed by atoms with E-state index in [1.54, 1.807) is 19.2 Å². The number of nitrogens with zero attached hydrogens (tertiary/aromatic N) is 2. The number of hydrogen-bond donors (Lipinski definition) is 2. The van der Waals surface area contributed by atoms with E-state index < -0.39 is 4.92 Å². The third-order valence-electron chi connectivity index (χ3n) is 3.53. The van der Waals surface area contributed by atoms with E-state index in [0.29, 0.717) is 19.0 Å². The van der Waals surface area contributed by atoms with Crippen LogP contribution in [0.1, 0.15) is 18.1 Å². The van der Waals surface area contributed by atoms with Crippen LogP contribution in [0.25, 0.3) is 0 Å². The minimum absolute atomic E-state index is 0. The SMILES string of the molecule is CCNC(=NCc1ccc(OC)cc1)NCc1ccc([N+](=O)[O-])cc1.I. The predicted octanol–water partition coefficient (Wildman–Crippen LogP) is 3.48. The molecule has 0 fully saturated rings. The van der Waals surface area contributed by atoms with Gasteiger partial charge in [0.25, 0.3) is 5.69 Å². The van der Waals surface area contributed by atoms with Crippen LogP contribution in [0, 0.1) is 10.1 Å². The summed E-state index contributed by atoms with van der Waals surface area (Å²) in [4.78, 5) is 14.8. The summed E-state index contributed by atoms with van der Waals surface area (Å²) in [6, 6.07) is 14.2. The lowest BCUT2D eigenvalue weighted by Gasteiger charge is -2.11. The fourth-order valence-electron chi connectivity index (χ4n) is 2.16. The zero-order valence-electron chi connectivity index (χ0n) is 14.8. The number of benzene rings is 2. The van der Waals surface area contributed by atoms with Crippen molar-refractivity contribution < 1.29 is 9.66 Å². The maximum Gasteiger partial charge on any atom is 0.269 e. The van der Waals surface area contributed by atoms with Crippen LogP contribution in [0.5, 0.6) is 5.75 Å². The Bertz CT molecular complexity index is 718. The number of non-ortho nitro benzene ring substituents is 1. The van der Waals surface area contributed by atoms with Crippen molar-refractivity contribution in [1.82, 2.24) is 10.6 Å². The fraction of sp³-hybridized carbons (Fsp3) is 0.278. The Balaban J connectivity index is 0.00000338. The van der Waals surface area contributed by atoms with E-state index in [1.165, 1.54) is 12.1 Å². The number of hydrogen-bond acceptors (Lipinski definition) is 4. The molecule has 0 atom stereocenters. The Morgan fingerprint density at radius 2 is 1.69 bits per heavy atom. The van der Waals surface area contributed by atoms with Gasteiger partial charge in [-0.2, -0.15) is 0 Å². The minimum Gasteiger partial charge on any atom is -0.497 e. The van der Waals surface area contributed by atoms with Crippen molar-refractivity contribution in [2.24, 2.45) is 4.99 Å². The number of ether oxygens (including phenoxy) is 1. The van der Waals surface area contributed by atoms with Crippen LogP contribution in [0.4, 0.5) is 5.69 Å². The predicted molar refractivity (Wildman–Crippen MR) is 113 cm³/mol. The van der Waals surface area contributed by atoms with E-state index in [0.717, 1.165) is 23.4 Å². The highest BCUT2D eigenvalue weighted by Crippen LogP contribution is 2.12. The second kappa shape index (κ2) is 11.3. The van der Waals surface area contributed by atoms with Crippen LogP contribution >= 0.6 is 24.0 Å². The smallest absolute Gasteiger partial charge is 0.269 e. The molecule has 7 nitrogen and oxygen atoms in total. The van der Waals surface area contributed by atoms with Crippen molar-refractivity contribution in [2.45, 2.75) is 20.0 Å². The molecule has 0 aromatic heterocycles. The maximum absolute atomic E-state index is 10.7. The monoisotopic (exact) mass is 470 g/mol. The second-order valence-corrected chi connectivity index (χ2v) is 5.32. The quantitative estimate of drug-likeness (QED) is 0.213. The number of guanidine groups is 1. The van der Waals surface area contributed by atoms with Gasteiger partial charge < -0.3 is 15.4 Å². The van der Waals surface area contributed by atoms with Crippen LogP contribution in [-0.2, 0) is 13.1 Å². The highest BCUT2D eigenvalue weighted by atomic mass is 127. The summed E-state index contributed by atoms with van der Waals surface area (Å²) in [5.74, 6) is 1.51. The van der Waals surface area contributed by atoms with Gasteiger partial charge in [-0.05, 0) is 30.2 Å². The average molecular weight is 470 g/mol. The molecule has 0 aliphatic heterocycles. The Hall–Kier alpha value is -2.36. The first-order valence-corrected chi connectivity index (χ1v) is 8.01. The summed E-state index contributed by atoms with van der Waals surface area (Å²) in [5.41, 5.74) is 2.11. The average Bonchev–Trinajstić information content (AvgIpc) is 2.64. The van der Waals surface area contributed by atoms with Crippen molar-refractivity contribution in [3.8, 4) is 5.75 Å². The molecule has 2 N–H and O–H groups in total. The fourth-order valence-corrected chi connectivity index (χ4v) is 2.16. The molecule has 140 valence electrons. The zero-order valence-corrected chi connectivity index (χ0v) is 17.1. The molecule has 0 aliphatic rings. The maximum atomic E-state index is 10.7. The molecule has 26 heavy (non-hydrogen) atoms. The number of methoxy groups -OCH3 is 1. The number of rotatable bonds is 7. The van der Waals surface area contributed by atoms with Crippen molar-refractivity contribution in [1.29, 1.82) is 0 Å². The van der Waals surface area contributed by atoms with Crippen molar-refractivity contribution in [2.75, 3.05) is 13.7 Å². The van der Waals surface area contributed by atoms with Crippen LogP contribution in [0.3, 0.4) is 0 Å². The largest absolute Gasteiger partial charge is 0.497 e. The van der Waals surface area contributed by atoms with Gasteiger partial charge in [0.1, 0.15) is 5.75 Å². The van der Waals surface area contributed by atoms with Crippen molar-refractivity contribution in [3.05, 3.63) is 69.8 Å². The molecule has 0 aliphatic carbocycles. The number of aliphatic imine (C=N–C) groups is 1. The molecule has 0 amide bonds. The van der Waals surface area contributed by atoms with Crippen molar-refractivity contribution >= 4 is 35.6 Å². The highest BCUT2D eigenvalue weighted by molar-refractivity contribution is 14.0. The van der Waals surface area contributed by atoms with E-state index in [2.05, 4.69) is 15.6 Å². The Morgan fingerprint density at radius 3 is 2.23 bits per heavy atom. The number of nitrogens with one attached hydrogen (secondary N) is 2. The summed E-state index contributed by atoms with van der Waals surface area (Å²) >= 11 is 0. The first-order valence-electron chi connectivity index (χ1n) is 8.01. The van der Waals surface area contributed by atoms with E-state index in [1.807, 2.05) is 31.2 Å². The molecule has 0 saturated carbocycles. The standard InChI is InChI=1S/C18H22N4O3.HI/c1-3-19-18(21-13-15-6-10-17(25-2)11-7-15)20-12-14-4-8-16(9-5-14)22(23)24;/h4-11H,3,12-13H2,1-2H3,(H2,19,20,21);1H. The molecular weight excluding hydrogens is 447 g/mol. The molecule has 0 bridgehead atoms. The van der Waals surface area contributed by atoms with Crippen LogP contribution in [0.2, 0.25) is 0 Å². The van der Waals surface area contributed by atoms with Gasteiger partial charge >= 0.3 is 0 Å². The van der Waals surface area contributed by atoms with E-state index in [9.17, 15) is 10.1 Å². The number of nitro benzene ring substituents is 1. The van der Waals surface area contributed by atoms with Gasteiger partial charge in [0.2, 0.25) is 0 Å². The summed E-state index contributed by atoms with van der Waals surface area (Å²) < 4.78 is 5.14. The number of nitro groups is 1. The van der Waals surface area contributed by atoms with Gasteiger partial charge in [-0.1, -0.05) is 24.3 Å². The van der Waals surface area contributed by atoms with E-state index >= 15 is 0 Å². The number of halogens is 1. The second-order valence-electron chi connectivity index (χ2n) is 5.32. The minimum atomic E-state index is -0.405. The summed E-state index contributed by atoms with van der Waals surface area (Å²) in [5, 5.41) is 17.1. The van der Waals surface area contributed by atoms with Gasteiger partial charge in [-0.25, -0.2) is 4.99 Å². The van der Waals surface area contributed by atoms with Crippen LogP contribution in [-0.4, -0.2) is 24.5 Å². The first kappa shape index (κ1) is 21.7. The molecule has 8 heteroatoms. The Morgan fingerprint density at radius 1 is 1.08 bits per heavy atom. The van der Waals surface area contributed by atoms with Gasteiger partial charge in [0.15, 0.2) is 5.96 Å². The summed E-state index contributed by atoms with van der Waals surface area (Å²) in [6.07, 6.45) is 0. The summed E-state index contributed by atoms with van der Waals surface area (Å²) in [7, 11) is 1.64. The lowest BCUT2D eigenvalue weighted by Crippen LogP contribution is -2.36. The molecule has 2 rings (SSSR count). The third kappa shape index (κ3) is 6.87. The van der Waals surface area contributed by atoms with E-state index in [4.69, 9.17) is 4.74 Å². The highest BCUT2D eigenvalue weighted by Gasteiger charge is 2.04. The van der Waals surface area contributed by atoms with Crippen molar-refractivity contribution in [3.63, 3.8) is 0 Å². The first-order chi connectivity index (χ1) is 12.1. The normalized spacial score (nSPS) is 10.6. The molecule has 0 heterocycles. The lowest BCUT2D eigenvalue weighted by molar-refractivity contribution is -0.384. The van der Waals surface area contributed by atoms with Gasteiger partial charge in [-0.3, -0.25) is 10.1 Å². The van der Waals surface area contributed by atoms with E-state index in [-0.39, 0.29) is 29.7 Å². The molecule has 0 radical (unpaired) electrons. The molecular formula is C18H23IN4O3. The zero-order chi connectivity index (χ0) is 18.1. The van der Waals surface area contributed by atoms with Crippen LogP contribution in [0.15, 0.2) is 53.5 Å². The Kier molecular flexibility index (Phi) is 9.42. The molecule has 2 aromatic carbocycles.